The number of rotatable bonds is 5. The van der Waals surface area contributed by atoms with Crippen LogP contribution in [-0.4, -0.2) is 30.6 Å². The molecule has 3 nitrogen and oxygen atoms in total. The molecule has 0 amide bonds. The minimum Gasteiger partial charge on any atom is -0.207 e. The van der Waals surface area contributed by atoms with Gasteiger partial charge in [0, 0.05) is 17.9 Å². The first-order valence-corrected chi connectivity index (χ1v) is 9.37. The molecule has 1 unspecified atom stereocenters. The molecule has 1 fully saturated rings. The summed E-state index contributed by atoms with van der Waals surface area (Å²) in [5.41, 5.74) is 0.469. The molecule has 0 spiro atoms. The molecule has 2 rings (SSSR count). The molecule has 1 aliphatic rings. The zero-order valence-electron chi connectivity index (χ0n) is 11.5. The summed E-state index contributed by atoms with van der Waals surface area (Å²) in [6, 6.07) is 3.93. The molecule has 6 heteroatoms. The third kappa shape index (κ3) is 3.23. The van der Waals surface area contributed by atoms with E-state index in [0.29, 0.717) is 12.1 Å². The number of sulfonamides is 1. The van der Waals surface area contributed by atoms with Crippen molar-refractivity contribution in [3.8, 4) is 0 Å². The van der Waals surface area contributed by atoms with E-state index in [1.165, 1.54) is 18.2 Å². The van der Waals surface area contributed by atoms with Crippen molar-refractivity contribution in [3.05, 3.63) is 29.6 Å². The Bertz CT molecular complexity index is 577. The second kappa shape index (κ2) is 6.54. The minimum absolute atomic E-state index is 0.0713. The highest BCUT2D eigenvalue weighted by Gasteiger charge is 2.35. The van der Waals surface area contributed by atoms with E-state index >= 15 is 0 Å². The zero-order chi connectivity index (χ0) is 14.8. The fraction of sp³-hybridized carbons (Fsp3) is 0.571. The molecule has 1 aliphatic heterocycles. The van der Waals surface area contributed by atoms with Gasteiger partial charge in [-0.1, -0.05) is 15.9 Å². The fourth-order valence-electron chi connectivity index (χ4n) is 2.76. The largest absolute Gasteiger partial charge is 0.243 e. The molecule has 0 saturated carbocycles. The molecule has 0 bridgehead atoms. The van der Waals surface area contributed by atoms with Gasteiger partial charge in [-0.15, -0.1) is 0 Å². The Labute approximate surface area is 128 Å². The van der Waals surface area contributed by atoms with E-state index in [9.17, 15) is 12.8 Å². The Balaban J connectivity index is 2.29. The van der Waals surface area contributed by atoms with E-state index < -0.39 is 15.8 Å². The summed E-state index contributed by atoms with van der Waals surface area (Å²) in [7, 11) is -3.51. The Hall–Kier alpha value is -0.460. The summed E-state index contributed by atoms with van der Waals surface area (Å²) >= 11 is 3.38. The van der Waals surface area contributed by atoms with Gasteiger partial charge in [-0.05, 0) is 56.4 Å². The van der Waals surface area contributed by atoms with E-state index in [1.54, 1.807) is 11.2 Å². The lowest BCUT2D eigenvalue weighted by Gasteiger charge is -2.24. The number of hydrogen-bond donors (Lipinski definition) is 0. The lowest BCUT2D eigenvalue weighted by Crippen LogP contribution is -2.35. The van der Waals surface area contributed by atoms with Gasteiger partial charge >= 0.3 is 0 Å². The van der Waals surface area contributed by atoms with Crippen LogP contribution in [0.2, 0.25) is 0 Å². The zero-order valence-corrected chi connectivity index (χ0v) is 13.9. The van der Waals surface area contributed by atoms with Gasteiger partial charge in [0.1, 0.15) is 5.82 Å². The highest BCUT2D eigenvalue weighted by Crippen LogP contribution is 2.30. The molecule has 1 heterocycles. The van der Waals surface area contributed by atoms with Crippen LogP contribution in [0.25, 0.3) is 0 Å². The summed E-state index contributed by atoms with van der Waals surface area (Å²) in [4.78, 5) is 0.227. The van der Waals surface area contributed by atoms with Gasteiger partial charge in [0.25, 0.3) is 0 Å². The monoisotopic (exact) mass is 363 g/mol. The second-order valence-electron chi connectivity index (χ2n) is 5.15. The third-order valence-corrected chi connectivity index (χ3v) is 6.39. The maximum atomic E-state index is 13.1. The molecular weight excluding hydrogens is 345 g/mol. The fourth-order valence-corrected chi connectivity index (χ4v) is 5.01. The average Bonchev–Trinajstić information content (AvgIpc) is 2.84. The number of aryl methyl sites for hydroxylation is 1. The van der Waals surface area contributed by atoms with Gasteiger partial charge in [0.15, 0.2) is 0 Å². The third-order valence-electron chi connectivity index (χ3n) is 3.72. The predicted molar refractivity (Wildman–Crippen MR) is 81.1 cm³/mol. The van der Waals surface area contributed by atoms with Crippen LogP contribution >= 0.6 is 15.9 Å². The lowest BCUT2D eigenvalue weighted by molar-refractivity contribution is 0.369. The normalized spacial score (nSPS) is 20.4. The molecule has 0 radical (unpaired) electrons. The van der Waals surface area contributed by atoms with Crippen LogP contribution in [0.1, 0.15) is 31.2 Å². The molecule has 0 N–H and O–H groups in total. The van der Waals surface area contributed by atoms with Crippen molar-refractivity contribution in [2.45, 2.75) is 43.5 Å². The van der Waals surface area contributed by atoms with Crippen LogP contribution in [0.3, 0.4) is 0 Å². The topological polar surface area (TPSA) is 37.4 Å². The highest BCUT2D eigenvalue weighted by atomic mass is 79.9. The van der Waals surface area contributed by atoms with Crippen LogP contribution in [0.4, 0.5) is 4.39 Å². The standard InChI is InChI=1S/C14H19BrFNO2S/c1-11-10-12(16)6-7-14(11)20(18,19)17-9-3-5-13(17)4-2-8-15/h6-7,10,13H,2-5,8-9H2,1H3. The van der Waals surface area contributed by atoms with Gasteiger partial charge in [0.2, 0.25) is 10.0 Å². The summed E-state index contributed by atoms with van der Waals surface area (Å²) < 4.78 is 40.2. The van der Waals surface area contributed by atoms with Gasteiger partial charge in [-0.2, -0.15) is 4.31 Å². The van der Waals surface area contributed by atoms with E-state index in [-0.39, 0.29) is 10.9 Å². The summed E-state index contributed by atoms with van der Waals surface area (Å²) in [5.74, 6) is -0.404. The predicted octanol–water partition coefficient (Wildman–Crippen LogP) is 3.46. The number of benzene rings is 1. The number of halogens is 2. The summed E-state index contributed by atoms with van der Waals surface area (Å²) in [6.45, 7) is 2.20. The Morgan fingerprint density at radius 3 is 2.85 bits per heavy atom. The highest BCUT2D eigenvalue weighted by molar-refractivity contribution is 9.09. The second-order valence-corrected chi connectivity index (χ2v) is 7.80. The van der Waals surface area contributed by atoms with Crippen molar-refractivity contribution < 1.29 is 12.8 Å². The van der Waals surface area contributed by atoms with E-state index in [4.69, 9.17) is 0 Å². The number of alkyl halides is 1. The molecule has 1 aromatic carbocycles. The maximum Gasteiger partial charge on any atom is 0.243 e. The van der Waals surface area contributed by atoms with Gasteiger partial charge in [-0.3, -0.25) is 0 Å². The average molecular weight is 364 g/mol. The Morgan fingerprint density at radius 1 is 1.45 bits per heavy atom. The molecule has 20 heavy (non-hydrogen) atoms. The van der Waals surface area contributed by atoms with Crippen LogP contribution in [0, 0.1) is 12.7 Å². The Morgan fingerprint density at radius 2 is 2.20 bits per heavy atom. The van der Waals surface area contributed by atoms with Crippen LogP contribution in [0.5, 0.6) is 0 Å². The van der Waals surface area contributed by atoms with Crippen molar-refractivity contribution in [3.63, 3.8) is 0 Å². The first kappa shape index (κ1) is 15.9. The van der Waals surface area contributed by atoms with E-state index in [0.717, 1.165) is 31.0 Å². The minimum atomic E-state index is -3.51. The van der Waals surface area contributed by atoms with Crippen molar-refractivity contribution in [1.82, 2.24) is 4.31 Å². The summed E-state index contributed by atoms with van der Waals surface area (Å²) in [6.07, 6.45) is 3.63. The first-order chi connectivity index (χ1) is 9.46. The number of hydrogen-bond acceptors (Lipinski definition) is 2. The molecule has 112 valence electrons. The van der Waals surface area contributed by atoms with Gasteiger partial charge in [-0.25, -0.2) is 12.8 Å². The van der Waals surface area contributed by atoms with Crippen molar-refractivity contribution in [2.24, 2.45) is 0 Å². The van der Waals surface area contributed by atoms with Crippen LogP contribution in [-0.2, 0) is 10.0 Å². The SMILES string of the molecule is Cc1cc(F)ccc1S(=O)(=O)N1CCCC1CCCBr. The smallest absolute Gasteiger partial charge is 0.207 e. The first-order valence-electron chi connectivity index (χ1n) is 6.81. The number of nitrogens with zero attached hydrogens (tertiary/aromatic N) is 1. The van der Waals surface area contributed by atoms with Crippen LogP contribution < -0.4 is 0 Å². The van der Waals surface area contributed by atoms with Crippen LogP contribution in [0.15, 0.2) is 23.1 Å². The molecular formula is C14H19BrFNO2S. The quantitative estimate of drug-likeness (QED) is 0.751. The molecule has 1 saturated heterocycles. The Kier molecular flexibility index (Phi) is 5.20. The summed E-state index contributed by atoms with van der Waals surface area (Å²) in [5, 5.41) is 0.882. The molecule has 1 atom stereocenters. The van der Waals surface area contributed by atoms with E-state index in [1.807, 2.05) is 0 Å². The van der Waals surface area contributed by atoms with E-state index in [2.05, 4.69) is 15.9 Å². The van der Waals surface area contributed by atoms with Crippen molar-refractivity contribution >= 4 is 26.0 Å². The van der Waals surface area contributed by atoms with Crippen molar-refractivity contribution in [2.75, 3.05) is 11.9 Å². The van der Waals surface area contributed by atoms with Crippen molar-refractivity contribution in [1.29, 1.82) is 0 Å². The van der Waals surface area contributed by atoms with Gasteiger partial charge < -0.3 is 0 Å². The maximum absolute atomic E-state index is 13.1. The molecule has 1 aromatic rings. The lowest BCUT2D eigenvalue weighted by atomic mass is 10.1. The molecule has 0 aromatic heterocycles. The molecule has 0 aliphatic carbocycles. The van der Waals surface area contributed by atoms with Gasteiger partial charge in [0.05, 0.1) is 4.90 Å².